The summed E-state index contributed by atoms with van der Waals surface area (Å²) in [5.41, 5.74) is 1.12. The van der Waals surface area contributed by atoms with E-state index in [0.717, 1.165) is 44.4 Å². The molecule has 0 saturated heterocycles. The molecule has 0 fully saturated rings. The minimum absolute atomic E-state index is 0.0707. The van der Waals surface area contributed by atoms with E-state index < -0.39 is 0 Å². The Labute approximate surface area is 139 Å². The Hall–Kier alpha value is -1.32. The number of nitrogens with zero attached hydrogens (tertiary/aromatic N) is 3. The fourth-order valence-electron chi connectivity index (χ4n) is 2.31. The molecule has 4 nitrogen and oxygen atoms in total. The fraction of sp³-hybridized carbons (Fsp3) is 0.562. The van der Waals surface area contributed by atoms with Crippen molar-refractivity contribution in [3.63, 3.8) is 0 Å². The van der Waals surface area contributed by atoms with E-state index in [2.05, 4.69) is 6.07 Å². The van der Waals surface area contributed by atoms with Crippen LogP contribution < -0.4 is 5.56 Å². The van der Waals surface area contributed by atoms with Gasteiger partial charge in [-0.05, 0) is 46.1 Å². The van der Waals surface area contributed by atoms with Crippen molar-refractivity contribution in [2.75, 3.05) is 5.75 Å². The molecule has 2 aromatic rings. The van der Waals surface area contributed by atoms with Crippen LogP contribution in [0.15, 0.2) is 9.95 Å². The van der Waals surface area contributed by atoms with Gasteiger partial charge >= 0.3 is 0 Å². The van der Waals surface area contributed by atoms with Crippen LogP contribution in [0.25, 0.3) is 10.2 Å². The molecule has 0 aliphatic rings. The van der Waals surface area contributed by atoms with Crippen molar-refractivity contribution in [2.45, 2.75) is 58.2 Å². The van der Waals surface area contributed by atoms with Crippen LogP contribution in [0.5, 0.6) is 0 Å². The third-order valence-electron chi connectivity index (χ3n) is 3.63. The molecule has 0 spiro atoms. The molecule has 0 N–H and O–H groups in total. The summed E-state index contributed by atoms with van der Waals surface area (Å²) >= 11 is 3.21. The van der Waals surface area contributed by atoms with Gasteiger partial charge in [0.15, 0.2) is 5.16 Å². The number of thiophene rings is 1. The summed E-state index contributed by atoms with van der Waals surface area (Å²) in [5, 5.41) is 10.1. The Balaban J connectivity index is 2.38. The van der Waals surface area contributed by atoms with E-state index in [1.54, 1.807) is 27.7 Å². The zero-order valence-electron chi connectivity index (χ0n) is 13.5. The highest BCUT2D eigenvalue weighted by Gasteiger charge is 2.18. The highest BCUT2D eigenvalue weighted by Crippen LogP contribution is 2.29. The quantitative estimate of drug-likeness (QED) is 0.445. The lowest BCUT2D eigenvalue weighted by Gasteiger charge is -2.15. The van der Waals surface area contributed by atoms with Crippen molar-refractivity contribution in [3.8, 4) is 6.07 Å². The summed E-state index contributed by atoms with van der Waals surface area (Å²) in [7, 11) is 0. The number of hydrogen-bond donors (Lipinski definition) is 0. The van der Waals surface area contributed by atoms with Gasteiger partial charge in [-0.1, -0.05) is 11.8 Å². The zero-order valence-corrected chi connectivity index (χ0v) is 15.1. The van der Waals surface area contributed by atoms with Crippen LogP contribution in [0, 0.1) is 25.2 Å². The topological polar surface area (TPSA) is 58.7 Å². The Morgan fingerprint density at radius 2 is 2.09 bits per heavy atom. The van der Waals surface area contributed by atoms with Gasteiger partial charge in [-0.25, -0.2) is 4.98 Å². The standard InChI is InChI=1S/C16H21N3OS2/c1-10(2)19-15(20)13-11(3)12(4)22-14(13)18-16(19)21-9-7-5-6-8-17/h10H,5-7,9H2,1-4H3. The summed E-state index contributed by atoms with van der Waals surface area (Å²) in [5.74, 6) is 0.885. The first-order valence-corrected chi connectivity index (χ1v) is 9.29. The molecule has 22 heavy (non-hydrogen) atoms. The lowest BCUT2D eigenvalue weighted by atomic mass is 10.2. The van der Waals surface area contributed by atoms with Crippen LogP contribution in [-0.4, -0.2) is 15.3 Å². The predicted molar refractivity (Wildman–Crippen MR) is 93.9 cm³/mol. The lowest BCUT2D eigenvalue weighted by Crippen LogP contribution is -2.25. The van der Waals surface area contributed by atoms with E-state index in [9.17, 15) is 4.79 Å². The number of aromatic nitrogens is 2. The van der Waals surface area contributed by atoms with Crippen molar-refractivity contribution >= 4 is 33.3 Å². The highest BCUT2D eigenvalue weighted by atomic mass is 32.2. The van der Waals surface area contributed by atoms with E-state index in [1.165, 1.54) is 0 Å². The SMILES string of the molecule is Cc1sc2nc(SCCCCC#N)n(C(C)C)c(=O)c2c1C. The molecule has 2 rings (SSSR count). The van der Waals surface area contributed by atoms with E-state index in [0.29, 0.717) is 6.42 Å². The van der Waals surface area contributed by atoms with Gasteiger partial charge in [0.1, 0.15) is 4.83 Å². The summed E-state index contributed by atoms with van der Waals surface area (Å²) < 4.78 is 1.80. The van der Waals surface area contributed by atoms with Crippen molar-refractivity contribution in [3.05, 3.63) is 20.8 Å². The highest BCUT2D eigenvalue weighted by molar-refractivity contribution is 7.99. The van der Waals surface area contributed by atoms with Crippen LogP contribution in [0.4, 0.5) is 0 Å². The molecule has 0 atom stereocenters. The Morgan fingerprint density at radius 1 is 1.36 bits per heavy atom. The van der Waals surface area contributed by atoms with E-state index in [-0.39, 0.29) is 11.6 Å². The number of fused-ring (bicyclic) bond motifs is 1. The fourth-order valence-corrected chi connectivity index (χ4v) is 4.51. The first-order valence-electron chi connectivity index (χ1n) is 7.49. The molecule has 0 radical (unpaired) electrons. The number of unbranched alkanes of at least 4 members (excludes halogenated alkanes) is 2. The molecule has 0 saturated carbocycles. The number of thioether (sulfide) groups is 1. The van der Waals surface area contributed by atoms with Gasteiger partial charge < -0.3 is 0 Å². The van der Waals surface area contributed by atoms with Gasteiger partial charge in [0.05, 0.1) is 11.5 Å². The maximum Gasteiger partial charge on any atom is 0.263 e. The zero-order chi connectivity index (χ0) is 16.3. The van der Waals surface area contributed by atoms with Crippen molar-refractivity contribution in [1.29, 1.82) is 5.26 Å². The molecule has 6 heteroatoms. The molecule has 118 valence electrons. The Kier molecular flexibility index (Phi) is 5.65. The third kappa shape index (κ3) is 3.36. The Bertz CT molecular complexity index is 768. The summed E-state index contributed by atoms with van der Waals surface area (Å²) in [4.78, 5) is 19.6. The van der Waals surface area contributed by atoms with Gasteiger partial charge in [-0.3, -0.25) is 9.36 Å². The number of hydrogen-bond acceptors (Lipinski definition) is 5. The largest absolute Gasteiger partial charge is 0.284 e. The second kappa shape index (κ2) is 7.30. The third-order valence-corrected chi connectivity index (χ3v) is 5.77. The minimum atomic E-state index is 0.0707. The molecule has 0 aliphatic heterocycles. The van der Waals surface area contributed by atoms with Gasteiger partial charge in [-0.15, -0.1) is 11.3 Å². The molecule has 2 heterocycles. The molecule has 0 aromatic carbocycles. The lowest BCUT2D eigenvalue weighted by molar-refractivity contribution is 0.519. The van der Waals surface area contributed by atoms with Crippen LogP contribution in [0.2, 0.25) is 0 Å². The van der Waals surface area contributed by atoms with Gasteiger partial charge in [-0.2, -0.15) is 5.26 Å². The van der Waals surface area contributed by atoms with Gasteiger partial charge in [0.25, 0.3) is 5.56 Å². The molecular weight excluding hydrogens is 314 g/mol. The van der Waals surface area contributed by atoms with Gasteiger partial charge in [0.2, 0.25) is 0 Å². The minimum Gasteiger partial charge on any atom is -0.284 e. The monoisotopic (exact) mass is 335 g/mol. The molecule has 2 aromatic heterocycles. The van der Waals surface area contributed by atoms with E-state index in [1.807, 2.05) is 27.7 Å². The molecule has 0 unspecified atom stereocenters. The number of aryl methyl sites for hydroxylation is 2. The first kappa shape index (κ1) is 17.0. The average molecular weight is 335 g/mol. The second-order valence-corrected chi connectivity index (χ2v) is 7.86. The Morgan fingerprint density at radius 3 is 2.73 bits per heavy atom. The van der Waals surface area contributed by atoms with E-state index >= 15 is 0 Å². The molecule has 0 amide bonds. The van der Waals surface area contributed by atoms with Crippen molar-refractivity contribution in [1.82, 2.24) is 9.55 Å². The van der Waals surface area contributed by atoms with Crippen LogP contribution >= 0.6 is 23.1 Å². The summed E-state index contributed by atoms with van der Waals surface area (Å²) in [6.45, 7) is 8.07. The second-order valence-electron chi connectivity index (χ2n) is 5.59. The first-order chi connectivity index (χ1) is 10.5. The van der Waals surface area contributed by atoms with Crippen LogP contribution in [0.3, 0.4) is 0 Å². The average Bonchev–Trinajstić information content (AvgIpc) is 2.73. The maximum absolute atomic E-state index is 12.8. The summed E-state index contributed by atoms with van der Waals surface area (Å²) in [6, 6.07) is 2.25. The summed E-state index contributed by atoms with van der Waals surface area (Å²) in [6.07, 6.45) is 2.45. The molecule has 0 bridgehead atoms. The number of nitriles is 1. The van der Waals surface area contributed by atoms with Crippen LogP contribution in [0.1, 0.15) is 49.6 Å². The normalized spacial score (nSPS) is 11.3. The van der Waals surface area contributed by atoms with Gasteiger partial charge in [0, 0.05) is 23.1 Å². The van der Waals surface area contributed by atoms with Crippen molar-refractivity contribution in [2.24, 2.45) is 0 Å². The molecule has 0 aliphatic carbocycles. The predicted octanol–water partition coefficient (Wildman–Crippen LogP) is 4.44. The maximum atomic E-state index is 12.8. The van der Waals surface area contributed by atoms with E-state index in [4.69, 9.17) is 10.2 Å². The van der Waals surface area contributed by atoms with Crippen molar-refractivity contribution < 1.29 is 0 Å². The van der Waals surface area contributed by atoms with Crippen LogP contribution in [-0.2, 0) is 0 Å². The molecular formula is C16H21N3OS2. The number of rotatable bonds is 6. The smallest absolute Gasteiger partial charge is 0.263 e.